The maximum Gasteiger partial charge on any atom is 0.224 e. The summed E-state index contributed by atoms with van der Waals surface area (Å²) in [5, 5.41) is 3.13. The second-order valence-corrected chi connectivity index (χ2v) is 8.38. The number of nitrogens with two attached hydrogens (primary N) is 1. The van der Waals surface area contributed by atoms with E-state index in [0.717, 1.165) is 75.5 Å². The van der Waals surface area contributed by atoms with Crippen LogP contribution in [0.2, 0.25) is 0 Å². The van der Waals surface area contributed by atoms with Crippen molar-refractivity contribution in [2.75, 3.05) is 39.5 Å². The molecule has 0 bridgehead atoms. The van der Waals surface area contributed by atoms with Gasteiger partial charge in [0.15, 0.2) is 11.5 Å². The molecule has 3 aliphatic rings. The summed E-state index contributed by atoms with van der Waals surface area (Å²) in [6.45, 7) is 5.09. The van der Waals surface area contributed by atoms with Crippen molar-refractivity contribution in [2.24, 2.45) is 11.7 Å². The molecule has 160 valence electrons. The summed E-state index contributed by atoms with van der Waals surface area (Å²) in [6, 6.07) is 6.51. The maximum atomic E-state index is 12.9. The number of nitrogens with zero attached hydrogens (tertiary/aromatic N) is 1. The molecular weight excluding hydrogens is 370 g/mol. The van der Waals surface area contributed by atoms with Crippen LogP contribution >= 0.6 is 0 Å². The molecule has 1 aromatic rings. The average Bonchev–Trinajstić information content (AvgIpc) is 3.10. The van der Waals surface area contributed by atoms with Crippen molar-refractivity contribution in [3.63, 3.8) is 0 Å². The third-order valence-corrected chi connectivity index (χ3v) is 6.17. The van der Waals surface area contributed by atoms with Gasteiger partial charge in [-0.2, -0.15) is 0 Å². The van der Waals surface area contributed by atoms with E-state index >= 15 is 0 Å². The second kappa shape index (κ2) is 9.78. The quantitative estimate of drug-likeness (QED) is 0.796. The molecule has 3 N–H and O–H groups in total. The van der Waals surface area contributed by atoms with Gasteiger partial charge in [-0.15, -0.1) is 0 Å². The van der Waals surface area contributed by atoms with Crippen LogP contribution in [0.4, 0.5) is 0 Å². The van der Waals surface area contributed by atoms with Gasteiger partial charge in [-0.3, -0.25) is 9.69 Å². The molecule has 2 saturated heterocycles. The van der Waals surface area contributed by atoms with Crippen LogP contribution in [0.1, 0.15) is 37.7 Å². The van der Waals surface area contributed by atoms with E-state index in [-0.39, 0.29) is 17.9 Å². The van der Waals surface area contributed by atoms with Crippen molar-refractivity contribution in [1.29, 1.82) is 0 Å². The lowest BCUT2D eigenvalue weighted by molar-refractivity contribution is -0.126. The summed E-state index contributed by atoms with van der Waals surface area (Å²) in [6.07, 6.45) is 4.67. The SMILES string of the molecule is N[C@H]1CC[C@@H](C(=O)NCc2ccc3c(c2)OCCCO3)CN(C2CCOCC2)C1. The van der Waals surface area contributed by atoms with Gasteiger partial charge >= 0.3 is 0 Å². The highest BCUT2D eigenvalue weighted by atomic mass is 16.5. The fraction of sp³-hybridized carbons (Fsp3) is 0.682. The highest BCUT2D eigenvalue weighted by Crippen LogP contribution is 2.30. The Labute approximate surface area is 172 Å². The Bertz CT molecular complexity index is 693. The zero-order valence-corrected chi connectivity index (χ0v) is 17.1. The summed E-state index contributed by atoms with van der Waals surface area (Å²) in [5.74, 6) is 1.64. The Kier molecular flexibility index (Phi) is 6.90. The molecule has 0 spiro atoms. The van der Waals surface area contributed by atoms with Crippen molar-refractivity contribution in [1.82, 2.24) is 10.2 Å². The topological polar surface area (TPSA) is 86.1 Å². The fourth-order valence-electron chi connectivity index (χ4n) is 4.47. The Morgan fingerprint density at radius 2 is 1.83 bits per heavy atom. The first-order valence-corrected chi connectivity index (χ1v) is 10.9. The van der Waals surface area contributed by atoms with Gasteiger partial charge in [0.1, 0.15) is 0 Å². The minimum atomic E-state index is -0.0215. The lowest BCUT2D eigenvalue weighted by Crippen LogP contribution is -2.47. The minimum Gasteiger partial charge on any atom is -0.490 e. The van der Waals surface area contributed by atoms with Crippen LogP contribution in [0, 0.1) is 5.92 Å². The predicted octanol–water partition coefficient (Wildman–Crippen LogP) is 1.68. The molecule has 3 aliphatic heterocycles. The number of hydrogen-bond acceptors (Lipinski definition) is 6. The van der Waals surface area contributed by atoms with Gasteiger partial charge in [-0.25, -0.2) is 0 Å². The molecule has 29 heavy (non-hydrogen) atoms. The smallest absolute Gasteiger partial charge is 0.224 e. The third kappa shape index (κ3) is 5.41. The van der Waals surface area contributed by atoms with Gasteiger partial charge in [0.05, 0.1) is 19.1 Å². The van der Waals surface area contributed by atoms with Gasteiger partial charge in [0, 0.05) is 51.4 Å². The molecular formula is C22H33N3O4. The number of benzene rings is 1. The molecule has 7 nitrogen and oxygen atoms in total. The Morgan fingerprint density at radius 3 is 2.66 bits per heavy atom. The number of carbonyl (C=O) groups excluding carboxylic acids is 1. The van der Waals surface area contributed by atoms with E-state index in [9.17, 15) is 4.79 Å². The number of amides is 1. The average molecular weight is 404 g/mol. The Balaban J connectivity index is 1.35. The maximum absolute atomic E-state index is 12.9. The van der Waals surface area contributed by atoms with Crippen molar-refractivity contribution in [3.8, 4) is 11.5 Å². The molecule has 7 heteroatoms. The van der Waals surface area contributed by atoms with Gasteiger partial charge < -0.3 is 25.3 Å². The molecule has 0 unspecified atom stereocenters. The zero-order valence-electron chi connectivity index (χ0n) is 17.1. The number of hydrogen-bond donors (Lipinski definition) is 2. The standard InChI is InChI=1S/C22H33N3O4/c23-18-4-3-17(14-25(15-18)19-6-10-27-11-7-19)22(26)24-13-16-2-5-20-21(12-16)29-9-1-8-28-20/h2,5,12,17-19H,1,3-4,6-11,13-15,23H2,(H,24,26)/t17-,18+/m1/s1. The number of fused-ring (bicyclic) bond motifs is 1. The summed E-state index contributed by atoms with van der Waals surface area (Å²) in [4.78, 5) is 15.4. The van der Waals surface area contributed by atoms with Gasteiger partial charge in [0.2, 0.25) is 5.91 Å². The van der Waals surface area contributed by atoms with E-state index in [1.165, 1.54) is 0 Å². The van der Waals surface area contributed by atoms with E-state index in [2.05, 4.69) is 10.2 Å². The zero-order chi connectivity index (χ0) is 20.1. The van der Waals surface area contributed by atoms with E-state index < -0.39 is 0 Å². The molecule has 2 atom stereocenters. The minimum absolute atomic E-state index is 0.0215. The van der Waals surface area contributed by atoms with Gasteiger partial charge in [-0.1, -0.05) is 6.07 Å². The van der Waals surface area contributed by atoms with E-state index in [4.69, 9.17) is 19.9 Å². The van der Waals surface area contributed by atoms with Crippen LogP contribution in [0.25, 0.3) is 0 Å². The van der Waals surface area contributed by atoms with E-state index in [0.29, 0.717) is 25.8 Å². The normalized spacial score (nSPS) is 26.4. The van der Waals surface area contributed by atoms with Crippen LogP contribution in [0.15, 0.2) is 18.2 Å². The summed E-state index contributed by atoms with van der Waals surface area (Å²) in [7, 11) is 0. The highest BCUT2D eigenvalue weighted by Gasteiger charge is 2.31. The Hall–Kier alpha value is -1.83. The largest absolute Gasteiger partial charge is 0.490 e. The van der Waals surface area contributed by atoms with Gasteiger partial charge in [0.25, 0.3) is 0 Å². The second-order valence-electron chi connectivity index (χ2n) is 8.38. The number of likely N-dealkylation sites (tertiary alicyclic amines) is 1. The number of ether oxygens (including phenoxy) is 3. The third-order valence-electron chi connectivity index (χ3n) is 6.17. The van der Waals surface area contributed by atoms with Crippen LogP contribution < -0.4 is 20.5 Å². The van der Waals surface area contributed by atoms with Crippen LogP contribution in [-0.2, 0) is 16.1 Å². The van der Waals surface area contributed by atoms with Gasteiger partial charge in [-0.05, 0) is 43.4 Å². The summed E-state index contributed by atoms with van der Waals surface area (Å²) >= 11 is 0. The van der Waals surface area contributed by atoms with Crippen LogP contribution in [0.5, 0.6) is 11.5 Å². The lowest BCUT2D eigenvalue weighted by Gasteiger charge is -2.35. The molecule has 1 aromatic carbocycles. The van der Waals surface area contributed by atoms with Crippen molar-refractivity contribution in [2.45, 2.75) is 50.7 Å². The first kappa shape index (κ1) is 20.4. The molecule has 1 amide bonds. The number of carbonyl (C=O) groups is 1. The lowest BCUT2D eigenvalue weighted by atomic mass is 10.00. The van der Waals surface area contributed by atoms with Crippen LogP contribution in [-0.4, -0.2) is 62.4 Å². The van der Waals surface area contributed by atoms with Crippen molar-refractivity contribution < 1.29 is 19.0 Å². The molecule has 3 heterocycles. The molecule has 2 fully saturated rings. The van der Waals surface area contributed by atoms with Crippen molar-refractivity contribution >= 4 is 5.91 Å². The summed E-state index contributed by atoms with van der Waals surface area (Å²) in [5.41, 5.74) is 7.33. The molecule has 0 radical (unpaired) electrons. The van der Waals surface area contributed by atoms with E-state index in [1.54, 1.807) is 0 Å². The fourth-order valence-corrected chi connectivity index (χ4v) is 4.47. The number of nitrogens with one attached hydrogen (secondary N) is 1. The predicted molar refractivity (Wildman–Crippen MR) is 110 cm³/mol. The molecule has 0 aliphatic carbocycles. The molecule has 0 saturated carbocycles. The summed E-state index contributed by atoms with van der Waals surface area (Å²) < 4.78 is 16.9. The highest BCUT2D eigenvalue weighted by molar-refractivity contribution is 5.79. The number of rotatable bonds is 4. The molecule has 0 aromatic heterocycles. The first-order chi connectivity index (χ1) is 14.2. The Morgan fingerprint density at radius 1 is 1.03 bits per heavy atom. The van der Waals surface area contributed by atoms with Crippen LogP contribution in [0.3, 0.4) is 0 Å². The first-order valence-electron chi connectivity index (χ1n) is 10.9. The van der Waals surface area contributed by atoms with Crippen molar-refractivity contribution in [3.05, 3.63) is 23.8 Å². The van der Waals surface area contributed by atoms with E-state index in [1.807, 2.05) is 18.2 Å². The monoisotopic (exact) mass is 403 g/mol. The molecule has 4 rings (SSSR count).